The number of alkyl carbamates (subject to hydrolysis) is 1. The Hall–Kier alpha value is -0.810. The van der Waals surface area contributed by atoms with E-state index in [-0.39, 0.29) is 12.1 Å². The molecule has 0 bridgehead atoms. The van der Waals surface area contributed by atoms with Crippen molar-refractivity contribution in [2.24, 2.45) is 11.7 Å². The zero-order valence-corrected chi connectivity index (χ0v) is 12.4. The van der Waals surface area contributed by atoms with Crippen molar-refractivity contribution in [3.63, 3.8) is 0 Å². The predicted octanol–water partition coefficient (Wildman–Crippen LogP) is 1.47. The lowest BCUT2D eigenvalue weighted by atomic mass is 10.1. The van der Waals surface area contributed by atoms with E-state index in [9.17, 15) is 4.79 Å². The first-order chi connectivity index (χ1) is 8.24. The zero-order chi connectivity index (χ0) is 14.2. The lowest BCUT2D eigenvalue weighted by molar-refractivity contribution is 0.0526. The smallest absolute Gasteiger partial charge is 0.407 e. The van der Waals surface area contributed by atoms with Crippen molar-refractivity contribution in [3.8, 4) is 0 Å². The van der Waals surface area contributed by atoms with Gasteiger partial charge in [0.15, 0.2) is 0 Å². The molecule has 1 atom stereocenters. The van der Waals surface area contributed by atoms with Crippen LogP contribution in [0.4, 0.5) is 4.79 Å². The molecule has 0 aromatic heterocycles. The van der Waals surface area contributed by atoms with Crippen LogP contribution in [-0.4, -0.2) is 37.4 Å². The lowest BCUT2D eigenvalue weighted by Crippen LogP contribution is -2.41. The van der Waals surface area contributed by atoms with Crippen LogP contribution in [0.25, 0.3) is 0 Å². The first kappa shape index (κ1) is 17.2. The van der Waals surface area contributed by atoms with Crippen LogP contribution in [0.2, 0.25) is 0 Å². The third-order valence-electron chi connectivity index (χ3n) is 2.26. The summed E-state index contributed by atoms with van der Waals surface area (Å²) in [6, 6.07) is 0.238. The molecule has 5 heteroatoms. The van der Waals surface area contributed by atoms with Crippen LogP contribution in [-0.2, 0) is 4.74 Å². The second kappa shape index (κ2) is 8.32. The van der Waals surface area contributed by atoms with E-state index in [1.807, 2.05) is 20.8 Å². The maximum atomic E-state index is 11.4. The summed E-state index contributed by atoms with van der Waals surface area (Å²) in [7, 11) is 0. The summed E-state index contributed by atoms with van der Waals surface area (Å²) in [6.07, 6.45) is 0.435. The topological polar surface area (TPSA) is 76.4 Å². The van der Waals surface area contributed by atoms with Crippen LogP contribution in [0.5, 0.6) is 0 Å². The highest BCUT2D eigenvalue weighted by Crippen LogP contribution is 2.06. The number of hydrogen-bond acceptors (Lipinski definition) is 4. The third kappa shape index (κ3) is 10.4. The van der Waals surface area contributed by atoms with Crippen molar-refractivity contribution < 1.29 is 9.53 Å². The SMILES string of the molecule is CC(C)CNC(CN)CCNC(=O)OC(C)(C)C. The zero-order valence-electron chi connectivity index (χ0n) is 12.4. The van der Waals surface area contributed by atoms with Crippen LogP contribution in [0.3, 0.4) is 0 Å². The molecule has 0 aromatic rings. The maximum Gasteiger partial charge on any atom is 0.407 e. The molecular weight excluding hydrogens is 230 g/mol. The molecule has 0 saturated carbocycles. The van der Waals surface area contributed by atoms with Crippen LogP contribution in [0.1, 0.15) is 41.0 Å². The number of rotatable bonds is 7. The fourth-order valence-electron chi connectivity index (χ4n) is 1.37. The maximum absolute atomic E-state index is 11.4. The molecular formula is C13H29N3O2. The average Bonchev–Trinajstić information content (AvgIpc) is 2.20. The van der Waals surface area contributed by atoms with Gasteiger partial charge in [-0.05, 0) is 39.7 Å². The number of ether oxygens (including phenoxy) is 1. The molecule has 18 heavy (non-hydrogen) atoms. The van der Waals surface area contributed by atoms with Crippen molar-refractivity contribution in [1.82, 2.24) is 10.6 Å². The molecule has 0 aliphatic carbocycles. The van der Waals surface area contributed by atoms with E-state index in [2.05, 4.69) is 24.5 Å². The normalized spacial score (nSPS) is 13.5. The molecule has 1 unspecified atom stereocenters. The largest absolute Gasteiger partial charge is 0.444 e. The van der Waals surface area contributed by atoms with Crippen molar-refractivity contribution >= 4 is 6.09 Å². The first-order valence-corrected chi connectivity index (χ1v) is 6.65. The van der Waals surface area contributed by atoms with Gasteiger partial charge in [0.05, 0.1) is 0 Å². The van der Waals surface area contributed by atoms with Gasteiger partial charge in [0.1, 0.15) is 5.60 Å². The van der Waals surface area contributed by atoms with Gasteiger partial charge in [-0.25, -0.2) is 4.79 Å². The molecule has 5 nitrogen and oxygen atoms in total. The Labute approximate surface area is 111 Å². The monoisotopic (exact) mass is 259 g/mol. The number of nitrogens with one attached hydrogen (secondary N) is 2. The van der Waals surface area contributed by atoms with Gasteiger partial charge in [-0.2, -0.15) is 0 Å². The van der Waals surface area contributed by atoms with Gasteiger partial charge in [0.2, 0.25) is 0 Å². The Morgan fingerprint density at radius 1 is 1.33 bits per heavy atom. The highest BCUT2D eigenvalue weighted by molar-refractivity contribution is 5.67. The molecule has 4 N–H and O–H groups in total. The van der Waals surface area contributed by atoms with Gasteiger partial charge >= 0.3 is 6.09 Å². The van der Waals surface area contributed by atoms with Gasteiger partial charge in [0, 0.05) is 19.1 Å². The molecule has 0 heterocycles. The standard InChI is InChI=1S/C13H29N3O2/c1-10(2)9-16-11(8-14)6-7-15-12(17)18-13(3,4)5/h10-11,16H,6-9,14H2,1-5H3,(H,15,17). The number of nitrogens with two attached hydrogens (primary N) is 1. The lowest BCUT2D eigenvalue weighted by Gasteiger charge is -2.21. The summed E-state index contributed by atoms with van der Waals surface area (Å²) in [5.74, 6) is 0.595. The highest BCUT2D eigenvalue weighted by Gasteiger charge is 2.16. The number of carbonyl (C=O) groups is 1. The molecule has 0 aromatic carbocycles. The summed E-state index contributed by atoms with van der Waals surface area (Å²) in [4.78, 5) is 11.4. The quantitative estimate of drug-likeness (QED) is 0.647. The van der Waals surface area contributed by atoms with Crippen LogP contribution >= 0.6 is 0 Å². The number of hydrogen-bond donors (Lipinski definition) is 3. The molecule has 0 saturated heterocycles. The van der Waals surface area contributed by atoms with Crippen molar-refractivity contribution in [2.45, 2.75) is 52.7 Å². The Bertz CT molecular complexity index is 237. The Balaban J connectivity index is 3.76. The van der Waals surface area contributed by atoms with E-state index in [0.717, 1.165) is 13.0 Å². The summed E-state index contributed by atoms with van der Waals surface area (Å²) in [5.41, 5.74) is 5.22. The minimum absolute atomic E-state index is 0.238. The van der Waals surface area contributed by atoms with E-state index in [1.165, 1.54) is 0 Å². The second-order valence-corrected chi connectivity index (χ2v) is 5.95. The van der Waals surface area contributed by atoms with Crippen molar-refractivity contribution in [3.05, 3.63) is 0 Å². The molecule has 0 spiro atoms. The Kier molecular flexibility index (Phi) is 7.95. The highest BCUT2D eigenvalue weighted by atomic mass is 16.6. The summed E-state index contributed by atoms with van der Waals surface area (Å²) < 4.78 is 5.15. The molecule has 1 amide bonds. The minimum Gasteiger partial charge on any atom is -0.444 e. The van der Waals surface area contributed by atoms with E-state index < -0.39 is 5.60 Å². The Morgan fingerprint density at radius 2 is 1.94 bits per heavy atom. The molecule has 0 aliphatic heterocycles. The fourth-order valence-corrected chi connectivity index (χ4v) is 1.37. The minimum atomic E-state index is -0.451. The van der Waals surface area contributed by atoms with Crippen LogP contribution in [0, 0.1) is 5.92 Å². The van der Waals surface area contributed by atoms with Crippen molar-refractivity contribution in [1.29, 1.82) is 0 Å². The number of amides is 1. The first-order valence-electron chi connectivity index (χ1n) is 6.65. The third-order valence-corrected chi connectivity index (χ3v) is 2.26. The van der Waals surface area contributed by atoms with Crippen molar-refractivity contribution in [2.75, 3.05) is 19.6 Å². The fraction of sp³-hybridized carbons (Fsp3) is 0.923. The van der Waals surface area contributed by atoms with E-state index in [4.69, 9.17) is 10.5 Å². The molecule has 0 radical (unpaired) electrons. The Morgan fingerprint density at radius 3 is 2.39 bits per heavy atom. The van der Waals surface area contributed by atoms with Crippen LogP contribution < -0.4 is 16.4 Å². The van der Waals surface area contributed by atoms with E-state index in [0.29, 0.717) is 19.0 Å². The average molecular weight is 259 g/mol. The predicted molar refractivity (Wildman–Crippen MR) is 74.5 cm³/mol. The van der Waals surface area contributed by atoms with Gasteiger partial charge in [0.25, 0.3) is 0 Å². The van der Waals surface area contributed by atoms with Gasteiger partial charge in [-0.3, -0.25) is 0 Å². The summed E-state index contributed by atoms with van der Waals surface area (Å²) in [6.45, 7) is 11.9. The van der Waals surface area contributed by atoms with Gasteiger partial charge in [-0.1, -0.05) is 13.8 Å². The molecule has 0 rings (SSSR count). The van der Waals surface area contributed by atoms with E-state index in [1.54, 1.807) is 0 Å². The van der Waals surface area contributed by atoms with Crippen LogP contribution in [0.15, 0.2) is 0 Å². The summed E-state index contributed by atoms with van der Waals surface area (Å²) >= 11 is 0. The molecule has 0 aliphatic rings. The van der Waals surface area contributed by atoms with Gasteiger partial charge < -0.3 is 21.1 Å². The molecule has 108 valence electrons. The molecule has 0 fully saturated rings. The summed E-state index contributed by atoms with van der Waals surface area (Å²) in [5, 5.41) is 6.11. The number of carbonyl (C=O) groups excluding carboxylic acids is 1. The van der Waals surface area contributed by atoms with E-state index >= 15 is 0 Å². The second-order valence-electron chi connectivity index (χ2n) is 5.95. The van der Waals surface area contributed by atoms with Gasteiger partial charge in [-0.15, -0.1) is 0 Å².